The van der Waals surface area contributed by atoms with E-state index in [-0.39, 0.29) is 22.1 Å². The second-order valence-corrected chi connectivity index (χ2v) is 8.00. The van der Waals surface area contributed by atoms with E-state index in [1.807, 2.05) is 24.3 Å². The Morgan fingerprint density at radius 1 is 1.15 bits per heavy atom. The number of carbonyl (C=O) groups is 1. The number of benzene rings is 2. The lowest BCUT2D eigenvalue weighted by Crippen LogP contribution is -2.26. The number of ether oxygens (including phenoxy) is 1. The zero-order chi connectivity index (χ0) is 19.5. The molecular formula is C19H24N2O4S. The van der Waals surface area contributed by atoms with Gasteiger partial charge >= 0.3 is 0 Å². The van der Waals surface area contributed by atoms with E-state index in [4.69, 9.17) is 9.88 Å². The van der Waals surface area contributed by atoms with Gasteiger partial charge in [-0.05, 0) is 35.2 Å². The van der Waals surface area contributed by atoms with Gasteiger partial charge in [-0.15, -0.1) is 0 Å². The molecule has 2 rings (SSSR count). The van der Waals surface area contributed by atoms with Crippen molar-refractivity contribution < 1.29 is 17.9 Å². The average Bonchev–Trinajstić information content (AvgIpc) is 2.60. The number of sulfonamides is 1. The first-order valence-electron chi connectivity index (χ1n) is 8.18. The molecule has 0 aliphatic carbocycles. The van der Waals surface area contributed by atoms with Crippen LogP contribution in [0.2, 0.25) is 0 Å². The fourth-order valence-corrected chi connectivity index (χ4v) is 3.33. The van der Waals surface area contributed by atoms with Gasteiger partial charge in [-0.3, -0.25) is 4.79 Å². The Hall–Kier alpha value is -2.38. The van der Waals surface area contributed by atoms with Crippen molar-refractivity contribution in [3.8, 4) is 5.75 Å². The summed E-state index contributed by atoms with van der Waals surface area (Å²) in [6, 6.07) is 12.3. The first-order chi connectivity index (χ1) is 12.1. The molecule has 0 unspecified atom stereocenters. The Morgan fingerprint density at radius 3 is 2.27 bits per heavy atom. The van der Waals surface area contributed by atoms with Gasteiger partial charge in [0, 0.05) is 19.2 Å². The van der Waals surface area contributed by atoms with Crippen molar-refractivity contribution >= 4 is 15.9 Å². The Labute approximate surface area is 154 Å². The van der Waals surface area contributed by atoms with Gasteiger partial charge in [-0.1, -0.05) is 38.1 Å². The maximum absolute atomic E-state index is 12.7. The van der Waals surface area contributed by atoms with E-state index < -0.39 is 10.0 Å². The number of hydrogen-bond acceptors (Lipinski definition) is 4. The van der Waals surface area contributed by atoms with Gasteiger partial charge in [0.05, 0.1) is 7.11 Å². The van der Waals surface area contributed by atoms with Crippen LogP contribution in [0.4, 0.5) is 0 Å². The molecule has 0 fully saturated rings. The topological polar surface area (TPSA) is 89.7 Å². The van der Waals surface area contributed by atoms with Gasteiger partial charge < -0.3 is 9.64 Å². The van der Waals surface area contributed by atoms with E-state index in [0.29, 0.717) is 12.5 Å². The minimum absolute atomic E-state index is 0.107. The fraction of sp³-hybridized carbons (Fsp3) is 0.316. The predicted octanol–water partition coefficient (Wildman–Crippen LogP) is 2.74. The molecular weight excluding hydrogens is 352 g/mol. The number of nitrogens with two attached hydrogens (primary N) is 1. The third-order valence-electron chi connectivity index (χ3n) is 4.13. The van der Waals surface area contributed by atoms with Crippen LogP contribution in [0.1, 0.15) is 41.3 Å². The summed E-state index contributed by atoms with van der Waals surface area (Å²) in [5.74, 6) is 0.251. The van der Waals surface area contributed by atoms with Crippen LogP contribution in [-0.4, -0.2) is 33.4 Å². The number of nitrogens with zero attached hydrogens (tertiary/aromatic N) is 1. The van der Waals surface area contributed by atoms with Crippen LogP contribution in [0.3, 0.4) is 0 Å². The average molecular weight is 376 g/mol. The summed E-state index contributed by atoms with van der Waals surface area (Å²) in [7, 11) is -0.983. The normalized spacial score (nSPS) is 11.5. The summed E-state index contributed by atoms with van der Waals surface area (Å²) in [4.78, 5) is 14.0. The van der Waals surface area contributed by atoms with Crippen LogP contribution in [0, 0.1) is 0 Å². The molecule has 0 bridgehead atoms. The summed E-state index contributed by atoms with van der Waals surface area (Å²) >= 11 is 0. The molecule has 0 aliphatic rings. The summed E-state index contributed by atoms with van der Waals surface area (Å²) < 4.78 is 28.4. The zero-order valence-corrected chi connectivity index (χ0v) is 16.2. The highest BCUT2D eigenvalue weighted by molar-refractivity contribution is 7.89. The number of amides is 1. The third kappa shape index (κ3) is 4.62. The maximum Gasteiger partial charge on any atom is 0.253 e. The number of primary sulfonamides is 1. The van der Waals surface area contributed by atoms with E-state index in [1.165, 1.54) is 35.8 Å². The predicted molar refractivity (Wildman–Crippen MR) is 101 cm³/mol. The summed E-state index contributed by atoms with van der Waals surface area (Å²) in [5, 5.41) is 5.21. The van der Waals surface area contributed by atoms with E-state index in [1.54, 1.807) is 7.05 Å². The Balaban J connectivity index is 2.22. The second kappa shape index (κ2) is 7.88. The van der Waals surface area contributed by atoms with Crippen molar-refractivity contribution in [2.45, 2.75) is 31.2 Å². The number of rotatable bonds is 6. The highest BCUT2D eigenvalue weighted by atomic mass is 32.2. The molecule has 7 heteroatoms. The molecule has 1 amide bonds. The van der Waals surface area contributed by atoms with Gasteiger partial charge in [0.2, 0.25) is 10.0 Å². The lowest BCUT2D eigenvalue weighted by atomic mass is 10.0. The largest absolute Gasteiger partial charge is 0.495 e. The molecule has 0 spiro atoms. The van der Waals surface area contributed by atoms with Gasteiger partial charge in [0.1, 0.15) is 10.6 Å². The van der Waals surface area contributed by atoms with Crippen molar-refractivity contribution in [3.63, 3.8) is 0 Å². The minimum atomic E-state index is -3.99. The molecule has 0 saturated heterocycles. The highest BCUT2D eigenvalue weighted by Crippen LogP contribution is 2.24. The van der Waals surface area contributed by atoms with Gasteiger partial charge in [0.15, 0.2) is 0 Å². The zero-order valence-electron chi connectivity index (χ0n) is 15.4. The molecule has 140 valence electrons. The Bertz CT molecular complexity index is 890. The van der Waals surface area contributed by atoms with E-state index in [9.17, 15) is 13.2 Å². The van der Waals surface area contributed by atoms with Crippen molar-refractivity contribution in [2.75, 3.05) is 14.2 Å². The van der Waals surface area contributed by atoms with Gasteiger partial charge in [-0.25, -0.2) is 13.6 Å². The lowest BCUT2D eigenvalue weighted by Gasteiger charge is -2.18. The van der Waals surface area contributed by atoms with E-state index in [2.05, 4.69) is 13.8 Å². The first-order valence-corrected chi connectivity index (χ1v) is 9.73. The molecule has 0 saturated carbocycles. The smallest absolute Gasteiger partial charge is 0.253 e. The van der Waals surface area contributed by atoms with Crippen LogP contribution >= 0.6 is 0 Å². The van der Waals surface area contributed by atoms with E-state index in [0.717, 1.165) is 5.56 Å². The van der Waals surface area contributed by atoms with Crippen LogP contribution in [0.15, 0.2) is 47.4 Å². The minimum Gasteiger partial charge on any atom is -0.495 e. The monoisotopic (exact) mass is 376 g/mol. The molecule has 0 aliphatic heterocycles. The Kier molecular flexibility index (Phi) is 6.05. The van der Waals surface area contributed by atoms with Crippen LogP contribution < -0.4 is 9.88 Å². The molecule has 0 radical (unpaired) electrons. The van der Waals surface area contributed by atoms with Gasteiger partial charge in [0.25, 0.3) is 5.91 Å². The molecule has 6 nitrogen and oxygen atoms in total. The number of carbonyl (C=O) groups excluding carboxylic acids is 1. The van der Waals surface area contributed by atoms with Crippen molar-refractivity contribution in [2.24, 2.45) is 5.14 Å². The third-order valence-corrected chi connectivity index (χ3v) is 5.06. The molecule has 26 heavy (non-hydrogen) atoms. The van der Waals surface area contributed by atoms with Crippen LogP contribution in [0.25, 0.3) is 0 Å². The molecule has 2 N–H and O–H groups in total. The quantitative estimate of drug-likeness (QED) is 0.839. The van der Waals surface area contributed by atoms with E-state index >= 15 is 0 Å². The van der Waals surface area contributed by atoms with Crippen molar-refractivity contribution in [3.05, 3.63) is 59.2 Å². The SMILES string of the molecule is COc1ccc(C(=O)N(C)Cc2ccc(C(C)C)cc2)cc1S(N)(=O)=O. The summed E-state index contributed by atoms with van der Waals surface area (Å²) in [6.07, 6.45) is 0. The molecule has 2 aromatic rings. The van der Waals surface area contributed by atoms with Crippen LogP contribution in [-0.2, 0) is 16.6 Å². The lowest BCUT2D eigenvalue weighted by molar-refractivity contribution is 0.0785. The summed E-state index contributed by atoms with van der Waals surface area (Å²) in [6.45, 7) is 4.66. The number of methoxy groups -OCH3 is 1. The summed E-state index contributed by atoms with van der Waals surface area (Å²) in [5.41, 5.74) is 2.46. The maximum atomic E-state index is 12.7. The second-order valence-electron chi connectivity index (χ2n) is 6.47. The number of hydrogen-bond donors (Lipinski definition) is 1. The van der Waals surface area contributed by atoms with Crippen molar-refractivity contribution in [1.29, 1.82) is 0 Å². The fourth-order valence-electron chi connectivity index (χ4n) is 2.61. The molecule has 0 heterocycles. The van der Waals surface area contributed by atoms with Crippen molar-refractivity contribution in [1.82, 2.24) is 4.90 Å². The van der Waals surface area contributed by atoms with Gasteiger partial charge in [-0.2, -0.15) is 0 Å². The first kappa shape index (κ1) is 19.9. The highest BCUT2D eigenvalue weighted by Gasteiger charge is 2.20. The van der Waals surface area contributed by atoms with Crippen LogP contribution in [0.5, 0.6) is 5.75 Å². The molecule has 0 aromatic heterocycles. The molecule has 2 aromatic carbocycles. The Morgan fingerprint density at radius 2 is 1.77 bits per heavy atom. The molecule has 0 atom stereocenters. The standard InChI is InChI=1S/C19H24N2O4S/c1-13(2)15-7-5-14(6-8-15)12-21(3)19(22)16-9-10-17(25-4)18(11-16)26(20,23)24/h5-11,13H,12H2,1-4H3,(H2,20,23,24).